The van der Waals surface area contributed by atoms with Crippen molar-refractivity contribution in [2.75, 3.05) is 12.4 Å². The number of benzene rings is 1. The van der Waals surface area contributed by atoms with Gasteiger partial charge >= 0.3 is 5.97 Å². The lowest BCUT2D eigenvalue weighted by molar-refractivity contribution is -0.131. The summed E-state index contributed by atoms with van der Waals surface area (Å²) in [7, 11) is 3.39. The molecule has 3 N–H and O–H groups in total. The summed E-state index contributed by atoms with van der Waals surface area (Å²) in [5.74, 6) is -0.370. The quantitative estimate of drug-likeness (QED) is 0.188. The van der Waals surface area contributed by atoms with Gasteiger partial charge in [0, 0.05) is 47.5 Å². The minimum atomic E-state index is -1.10. The van der Waals surface area contributed by atoms with Gasteiger partial charge in [-0.15, -0.1) is 0 Å². The standard InChI is InChI=1S/C33H33BrN6O5/c1-40-24-16-21(8-11-23(24)27(19-6-3-4-7-19)28(40)29-35-17-22(34)18-36-29)30(43)39-33(14-5-15-33)32(44)38-25-12-9-20(10-13-26(41)42)31(37-25)45-2/h8-13,16-19H,3-7,14-15H2,1-2H3,(H,39,43)(H,41,42)(H,37,38,44)/b13-10+. The van der Waals surface area contributed by atoms with Crippen LogP contribution in [0.25, 0.3) is 28.5 Å². The molecule has 12 heteroatoms. The predicted octanol–water partition coefficient (Wildman–Crippen LogP) is 5.85. The van der Waals surface area contributed by atoms with Crippen LogP contribution in [0.2, 0.25) is 0 Å². The first-order valence-electron chi connectivity index (χ1n) is 14.9. The summed E-state index contributed by atoms with van der Waals surface area (Å²) in [5.41, 5.74) is 2.92. The molecule has 6 rings (SSSR count). The number of aromatic nitrogens is 4. The van der Waals surface area contributed by atoms with E-state index >= 15 is 0 Å². The number of carboxylic acid groups (broad SMARTS) is 1. The molecule has 0 spiro atoms. The molecule has 0 bridgehead atoms. The average molecular weight is 674 g/mol. The molecule has 0 saturated heterocycles. The van der Waals surface area contributed by atoms with Gasteiger partial charge in [0.15, 0.2) is 5.82 Å². The molecule has 2 aliphatic rings. The number of rotatable bonds is 9. The second-order valence-electron chi connectivity index (χ2n) is 11.6. The van der Waals surface area contributed by atoms with Gasteiger partial charge in [-0.05, 0) is 89.9 Å². The molecule has 0 radical (unpaired) electrons. The molecule has 11 nitrogen and oxygen atoms in total. The van der Waals surface area contributed by atoms with Crippen LogP contribution in [0.1, 0.15) is 72.3 Å². The maximum atomic E-state index is 13.7. The minimum Gasteiger partial charge on any atom is -0.481 e. The van der Waals surface area contributed by atoms with E-state index < -0.39 is 11.5 Å². The fourth-order valence-corrected chi connectivity index (χ4v) is 6.58. The molecular weight excluding hydrogens is 640 g/mol. The molecule has 2 amide bonds. The van der Waals surface area contributed by atoms with Gasteiger partial charge in [0.25, 0.3) is 11.8 Å². The summed E-state index contributed by atoms with van der Waals surface area (Å²) >= 11 is 3.43. The van der Waals surface area contributed by atoms with Crippen molar-refractivity contribution in [1.29, 1.82) is 0 Å². The third-order valence-corrected chi connectivity index (χ3v) is 9.23. The van der Waals surface area contributed by atoms with Crippen LogP contribution in [0.4, 0.5) is 5.82 Å². The molecule has 0 aliphatic heterocycles. The fourth-order valence-electron chi connectivity index (χ4n) is 6.38. The Morgan fingerprint density at radius 1 is 1.09 bits per heavy atom. The van der Waals surface area contributed by atoms with Gasteiger partial charge < -0.3 is 25.0 Å². The van der Waals surface area contributed by atoms with Crippen molar-refractivity contribution in [2.24, 2.45) is 7.05 Å². The van der Waals surface area contributed by atoms with Gasteiger partial charge in [0.1, 0.15) is 11.4 Å². The monoisotopic (exact) mass is 672 g/mol. The van der Waals surface area contributed by atoms with E-state index in [1.54, 1.807) is 24.5 Å². The highest BCUT2D eigenvalue weighted by Crippen LogP contribution is 2.44. The van der Waals surface area contributed by atoms with Gasteiger partial charge in [0.05, 0.1) is 17.3 Å². The summed E-state index contributed by atoms with van der Waals surface area (Å²) in [6.07, 6.45) is 12.2. The summed E-state index contributed by atoms with van der Waals surface area (Å²) in [5, 5.41) is 15.8. The van der Waals surface area contributed by atoms with Crippen molar-refractivity contribution in [2.45, 2.75) is 56.4 Å². The van der Waals surface area contributed by atoms with Crippen molar-refractivity contribution in [1.82, 2.24) is 24.8 Å². The third-order valence-electron chi connectivity index (χ3n) is 8.82. The molecule has 45 heavy (non-hydrogen) atoms. The van der Waals surface area contributed by atoms with Gasteiger partial charge in [-0.3, -0.25) is 9.59 Å². The number of hydrogen-bond donors (Lipinski definition) is 3. The Hall–Kier alpha value is -4.58. The van der Waals surface area contributed by atoms with E-state index in [2.05, 4.69) is 46.1 Å². The van der Waals surface area contributed by atoms with Crippen LogP contribution in [0, 0.1) is 0 Å². The number of ether oxygens (including phenoxy) is 1. The number of aryl methyl sites for hydroxylation is 1. The lowest BCUT2D eigenvalue weighted by Crippen LogP contribution is -2.61. The number of carbonyl (C=O) groups excluding carboxylic acids is 2. The van der Waals surface area contributed by atoms with E-state index in [4.69, 9.17) is 9.84 Å². The Kier molecular flexibility index (Phi) is 8.41. The number of methoxy groups -OCH3 is 1. The largest absolute Gasteiger partial charge is 0.481 e. The van der Waals surface area contributed by atoms with E-state index in [9.17, 15) is 14.4 Å². The third kappa shape index (κ3) is 5.94. The number of pyridine rings is 1. The highest BCUT2D eigenvalue weighted by atomic mass is 79.9. The molecule has 0 atom stereocenters. The molecule has 1 aromatic carbocycles. The number of nitrogens with zero attached hydrogens (tertiary/aromatic N) is 4. The van der Waals surface area contributed by atoms with Crippen LogP contribution in [-0.4, -0.2) is 55.1 Å². The maximum absolute atomic E-state index is 13.7. The number of halogens is 1. The number of amides is 2. The Bertz CT molecular complexity index is 1820. The SMILES string of the molecule is COc1nc(NC(=O)C2(NC(=O)c3ccc4c(C5CCCC5)c(-c5ncc(Br)cn5)n(C)c4c3)CCC2)ccc1/C=C/C(=O)O. The summed E-state index contributed by atoms with van der Waals surface area (Å²) in [6, 6.07) is 8.88. The van der Waals surface area contributed by atoms with Crippen molar-refractivity contribution in [3.05, 3.63) is 70.0 Å². The lowest BCUT2D eigenvalue weighted by Gasteiger charge is -2.40. The number of anilines is 1. The van der Waals surface area contributed by atoms with Crippen LogP contribution >= 0.6 is 15.9 Å². The van der Waals surface area contributed by atoms with Gasteiger partial charge in [-0.1, -0.05) is 18.9 Å². The van der Waals surface area contributed by atoms with Gasteiger partial charge in [-0.2, -0.15) is 4.98 Å². The number of nitrogens with one attached hydrogen (secondary N) is 2. The molecule has 0 unspecified atom stereocenters. The molecule has 3 heterocycles. The topological polar surface area (TPSA) is 148 Å². The average Bonchev–Trinajstić information content (AvgIpc) is 3.64. The van der Waals surface area contributed by atoms with Crippen LogP contribution in [0.5, 0.6) is 5.88 Å². The van der Waals surface area contributed by atoms with E-state index in [0.717, 1.165) is 46.4 Å². The van der Waals surface area contributed by atoms with Crippen LogP contribution in [-0.2, 0) is 16.6 Å². The van der Waals surface area contributed by atoms with Crippen LogP contribution < -0.4 is 15.4 Å². The number of carbonyl (C=O) groups is 3. The van der Waals surface area contributed by atoms with E-state index in [0.29, 0.717) is 35.7 Å². The number of carboxylic acids is 1. The van der Waals surface area contributed by atoms with Crippen molar-refractivity contribution < 1.29 is 24.2 Å². The molecule has 2 saturated carbocycles. The summed E-state index contributed by atoms with van der Waals surface area (Å²) < 4.78 is 8.16. The first-order chi connectivity index (χ1) is 21.7. The molecular formula is C33H33BrN6O5. The van der Waals surface area contributed by atoms with E-state index in [-0.39, 0.29) is 23.5 Å². The van der Waals surface area contributed by atoms with Gasteiger partial charge in [0.2, 0.25) is 5.88 Å². The minimum absolute atomic E-state index is 0.165. The second-order valence-corrected chi connectivity index (χ2v) is 12.5. The molecule has 2 aliphatic carbocycles. The highest BCUT2D eigenvalue weighted by molar-refractivity contribution is 9.10. The first-order valence-corrected chi connectivity index (χ1v) is 15.7. The Morgan fingerprint density at radius 3 is 2.47 bits per heavy atom. The zero-order valence-electron chi connectivity index (χ0n) is 25.0. The van der Waals surface area contributed by atoms with Crippen molar-refractivity contribution in [3.8, 4) is 17.4 Å². The highest BCUT2D eigenvalue weighted by Gasteiger charge is 2.46. The summed E-state index contributed by atoms with van der Waals surface area (Å²) in [6.45, 7) is 0. The van der Waals surface area contributed by atoms with Crippen LogP contribution in [0.15, 0.2) is 53.3 Å². The number of aliphatic carboxylic acids is 1. The van der Waals surface area contributed by atoms with E-state index in [1.807, 2.05) is 25.2 Å². The normalized spacial score (nSPS) is 16.1. The maximum Gasteiger partial charge on any atom is 0.328 e. The Labute approximate surface area is 268 Å². The lowest BCUT2D eigenvalue weighted by atomic mass is 9.75. The van der Waals surface area contributed by atoms with Crippen molar-refractivity contribution >= 4 is 56.5 Å². The summed E-state index contributed by atoms with van der Waals surface area (Å²) in [4.78, 5) is 51.6. The van der Waals surface area contributed by atoms with E-state index in [1.165, 1.54) is 31.6 Å². The van der Waals surface area contributed by atoms with Gasteiger partial charge in [-0.25, -0.2) is 14.8 Å². The molecule has 3 aromatic heterocycles. The first kappa shape index (κ1) is 30.4. The van der Waals surface area contributed by atoms with Crippen molar-refractivity contribution in [3.63, 3.8) is 0 Å². The molecule has 232 valence electrons. The zero-order valence-corrected chi connectivity index (χ0v) is 26.6. The Balaban J connectivity index is 1.27. The number of hydrogen-bond acceptors (Lipinski definition) is 7. The fraction of sp³-hybridized carbons (Fsp3) is 0.333. The number of fused-ring (bicyclic) bond motifs is 1. The molecule has 4 aromatic rings. The van der Waals surface area contributed by atoms with Crippen LogP contribution in [0.3, 0.4) is 0 Å². The molecule has 2 fully saturated rings. The smallest absolute Gasteiger partial charge is 0.328 e. The predicted molar refractivity (Wildman–Crippen MR) is 173 cm³/mol. The zero-order chi connectivity index (χ0) is 31.7. The second kappa shape index (κ2) is 12.4. The Morgan fingerprint density at radius 2 is 1.82 bits per heavy atom.